The number of aliphatic hydroxyl groups is 2. The van der Waals surface area contributed by atoms with Crippen molar-refractivity contribution in [2.45, 2.75) is 32.3 Å². The lowest BCUT2D eigenvalue weighted by atomic mass is 9.79. The molecule has 0 heterocycles. The van der Waals surface area contributed by atoms with Gasteiger partial charge in [0.1, 0.15) is 30.0 Å². The van der Waals surface area contributed by atoms with E-state index in [1.807, 2.05) is 0 Å². The Morgan fingerprint density at radius 1 is 0.966 bits per heavy atom. The zero-order chi connectivity index (χ0) is 21.5. The van der Waals surface area contributed by atoms with E-state index in [2.05, 4.69) is 0 Å². The highest BCUT2D eigenvalue weighted by Gasteiger charge is 2.39. The van der Waals surface area contributed by atoms with Gasteiger partial charge in [-0.25, -0.2) is 0 Å². The zero-order valence-corrected chi connectivity index (χ0v) is 15.6. The van der Waals surface area contributed by atoms with E-state index in [-0.39, 0.29) is 28.7 Å². The Balaban J connectivity index is 2.29. The van der Waals surface area contributed by atoms with Gasteiger partial charge in [0.15, 0.2) is 11.6 Å². The third kappa shape index (κ3) is 3.16. The molecule has 5 N–H and O–H groups in total. The SMILES string of the molecule is CCCc1c(O)c2c(c(O)c1C[C@H](O)C(=O)CO)C(=O)c1cccc(O)c1C2=O. The molecule has 2 aromatic carbocycles. The molecule has 0 unspecified atom stereocenters. The van der Waals surface area contributed by atoms with Gasteiger partial charge in [0.25, 0.3) is 0 Å². The van der Waals surface area contributed by atoms with Crippen LogP contribution in [0, 0.1) is 0 Å². The number of ketones is 3. The van der Waals surface area contributed by atoms with Gasteiger partial charge in [-0.2, -0.15) is 0 Å². The van der Waals surface area contributed by atoms with Gasteiger partial charge in [0, 0.05) is 23.1 Å². The lowest BCUT2D eigenvalue weighted by Crippen LogP contribution is -2.27. The van der Waals surface area contributed by atoms with Crippen LogP contribution in [0.4, 0.5) is 0 Å². The van der Waals surface area contributed by atoms with Gasteiger partial charge in [-0.1, -0.05) is 25.5 Å². The van der Waals surface area contributed by atoms with Crippen molar-refractivity contribution in [3.05, 3.63) is 51.6 Å². The van der Waals surface area contributed by atoms with Crippen LogP contribution in [0.5, 0.6) is 17.2 Å². The minimum atomic E-state index is -1.66. The topological polar surface area (TPSA) is 152 Å². The number of phenols is 3. The highest BCUT2D eigenvalue weighted by Crippen LogP contribution is 2.45. The van der Waals surface area contributed by atoms with Gasteiger partial charge in [-0.15, -0.1) is 0 Å². The Labute approximate surface area is 165 Å². The average Bonchev–Trinajstić information content (AvgIpc) is 2.70. The Bertz CT molecular complexity index is 1040. The van der Waals surface area contributed by atoms with Gasteiger partial charge in [0.05, 0.1) is 16.7 Å². The lowest BCUT2D eigenvalue weighted by Gasteiger charge is -2.25. The van der Waals surface area contributed by atoms with Crippen molar-refractivity contribution in [3.8, 4) is 17.2 Å². The summed E-state index contributed by atoms with van der Waals surface area (Å²) in [6.07, 6.45) is -1.43. The van der Waals surface area contributed by atoms with E-state index in [9.17, 15) is 34.8 Å². The van der Waals surface area contributed by atoms with Crippen molar-refractivity contribution in [2.75, 3.05) is 6.61 Å². The number of carbonyl (C=O) groups is 3. The van der Waals surface area contributed by atoms with Crippen LogP contribution in [0.25, 0.3) is 0 Å². The molecule has 0 bridgehead atoms. The number of hydrogen-bond acceptors (Lipinski definition) is 8. The van der Waals surface area contributed by atoms with Crippen LogP contribution in [0.2, 0.25) is 0 Å². The van der Waals surface area contributed by atoms with Crippen LogP contribution in [0.1, 0.15) is 56.3 Å². The maximum atomic E-state index is 13.0. The van der Waals surface area contributed by atoms with E-state index in [1.54, 1.807) is 6.92 Å². The first-order valence-corrected chi connectivity index (χ1v) is 9.07. The summed E-state index contributed by atoms with van der Waals surface area (Å²) in [5, 5.41) is 50.6. The van der Waals surface area contributed by atoms with E-state index >= 15 is 0 Å². The molecule has 8 nitrogen and oxygen atoms in total. The highest BCUT2D eigenvalue weighted by molar-refractivity contribution is 6.31. The van der Waals surface area contributed by atoms with E-state index in [0.717, 1.165) is 0 Å². The number of Topliss-reactive ketones (excluding diaryl/α,β-unsaturated/α-hetero) is 1. The molecule has 0 saturated carbocycles. The molecule has 2 aromatic rings. The Morgan fingerprint density at radius 2 is 1.59 bits per heavy atom. The van der Waals surface area contributed by atoms with Crippen LogP contribution in [-0.4, -0.2) is 55.6 Å². The van der Waals surface area contributed by atoms with Gasteiger partial charge < -0.3 is 25.5 Å². The fourth-order valence-corrected chi connectivity index (χ4v) is 3.65. The summed E-state index contributed by atoms with van der Waals surface area (Å²) in [6.45, 7) is 0.870. The standard InChI is InChI=1S/C21H20O8/c1-2-4-9-11(7-13(24)14(25)8-22)20(28)16-17(18(9)26)21(29)15-10(19(16)27)5-3-6-12(15)23/h3,5-6,13,22-24,26,28H,2,4,7-8H2,1H3/t13-/m0/s1. The third-order valence-electron chi connectivity index (χ3n) is 5.05. The Morgan fingerprint density at radius 3 is 2.21 bits per heavy atom. The fourth-order valence-electron chi connectivity index (χ4n) is 3.65. The van der Waals surface area contributed by atoms with Crippen LogP contribution in [0.3, 0.4) is 0 Å². The van der Waals surface area contributed by atoms with Crippen LogP contribution < -0.4 is 0 Å². The summed E-state index contributed by atoms with van der Waals surface area (Å²) < 4.78 is 0. The smallest absolute Gasteiger partial charge is 0.202 e. The van der Waals surface area contributed by atoms with Crippen LogP contribution in [0.15, 0.2) is 18.2 Å². The first-order valence-electron chi connectivity index (χ1n) is 9.07. The highest BCUT2D eigenvalue weighted by atomic mass is 16.3. The van der Waals surface area contributed by atoms with Crippen molar-refractivity contribution < 1.29 is 39.9 Å². The molecule has 0 amide bonds. The van der Waals surface area contributed by atoms with Crippen molar-refractivity contribution in [1.29, 1.82) is 0 Å². The molecule has 0 fully saturated rings. The summed E-state index contributed by atoms with van der Waals surface area (Å²) in [5.74, 6) is -4.04. The second-order valence-electron chi connectivity index (χ2n) is 6.86. The van der Waals surface area contributed by atoms with Crippen molar-refractivity contribution in [3.63, 3.8) is 0 Å². The molecule has 0 saturated heterocycles. The second-order valence-corrected chi connectivity index (χ2v) is 6.86. The Kier molecular flexibility index (Phi) is 5.41. The number of fused-ring (bicyclic) bond motifs is 2. The number of aromatic hydroxyl groups is 3. The first-order chi connectivity index (χ1) is 13.7. The largest absolute Gasteiger partial charge is 0.507 e. The Hall–Kier alpha value is -3.23. The minimum absolute atomic E-state index is 0.0397. The molecule has 3 rings (SSSR count). The van der Waals surface area contributed by atoms with Gasteiger partial charge >= 0.3 is 0 Å². The van der Waals surface area contributed by atoms with E-state index in [4.69, 9.17) is 5.11 Å². The summed E-state index contributed by atoms with van der Waals surface area (Å²) in [6, 6.07) is 3.93. The summed E-state index contributed by atoms with van der Waals surface area (Å²) in [7, 11) is 0. The van der Waals surface area contributed by atoms with E-state index in [0.29, 0.717) is 6.42 Å². The van der Waals surface area contributed by atoms with Gasteiger partial charge in [-0.3, -0.25) is 14.4 Å². The van der Waals surface area contributed by atoms with Crippen LogP contribution >= 0.6 is 0 Å². The molecular formula is C21H20O8. The predicted octanol–water partition coefficient (Wildman–Crippen LogP) is 0.996. The molecule has 1 atom stereocenters. The van der Waals surface area contributed by atoms with E-state index in [1.165, 1.54) is 18.2 Å². The normalized spacial score (nSPS) is 13.8. The molecule has 1 aliphatic rings. The predicted molar refractivity (Wildman–Crippen MR) is 101 cm³/mol. The maximum Gasteiger partial charge on any atom is 0.202 e. The number of carbonyl (C=O) groups excluding carboxylic acids is 3. The summed E-state index contributed by atoms with van der Waals surface area (Å²) in [4.78, 5) is 37.5. The van der Waals surface area contributed by atoms with Gasteiger partial charge in [-0.05, 0) is 12.5 Å². The number of phenolic OH excluding ortho intramolecular Hbond substituents is 3. The average molecular weight is 400 g/mol. The van der Waals surface area contributed by atoms with Crippen molar-refractivity contribution >= 4 is 17.3 Å². The molecule has 1 aliphatic carbocycles. The number of benzene rings is 2. The van der Waals surface area contributed by atoms with E-state index < -0.39 is 64.9 Å². The van der Waals surface area contributed by atoms with Gasteiger partial charge in [0.2, 0.25) is 5.78 Å². The fraction of sp³-hybridized carbons (Fsp3) is 0.286. The molecule has 8 heteroatoms. The lowest BCUT2D eigenvalue weighted by molar-refractivity contribution is -0.129. The maximum absolute atomic E-state index is 13.0. The first kappa shape index (κ1) is 20.5. The molecule has 29 heavy (non-hydrogen) atoms. The monoisotopic (exact) mass is 400 g/mol. The third-order valence-corrected chi connectivity index (χ3v) is 5.05. The number of aliphatic hydroxyl groups excluding tert-OH is 2. The molecule has 0 aromatic heterocycles. The minimum Gasteiger partial charge on any atom is -0.507 e. The molecular weight excluding hydrogens is 380 g/mol. The number of hydrogen-bond donors (Lipinski definition) is 5. The summed E-state index contributed by atoms with van der Waals surface area (Å²) in [5.41, 5.74) is -1.17. The summed E-state index contributed by atoms with van der Waals surface area (Å²) >= 11 is 0. The molecule has 0 spiro atoms. The zero-order valence-electron chi connectivity index (χ0n) is 15.6. The molecule has 152 valence electrons. The van der Waals surface area contributed by atoms with Crippen molar-refractivity contribution in [1.82, 2.24) is 0 Å². The second kappa shape index (κ2) is 7.65. The molecule has 0 aliphatic heterocycles. The molecule has 0 radical (unpaired) electrons. The van der Waals surface area contributed by atoms with Crippen LogP contribution in [-0.2, 0) is 17.6 Å². The van der Waals surface area contributed by atoms with Crippen molar-refractivity contribution in [2.24, 2.45) is 0 Å². The number of rotatable bonds is 6. The quantitative estimate of drug-likeness (QED) is 0.384.